The van der Waals surface area contributed by atoms with Crippen LogP contribution in [-0.2, 0) is 0 Å². The van der Waals surface area contributed by atoms with Crippen LogP contribution in [0.4, 0.5) is 0 Å². The Morgan fingerprint density at radius 3 is 2.14 bits per heavy atom. The zero-order valence-corrected chi connectivity index (χ0v) is 24.8. The molecule has 0 radical (unpaired) electrons. The molecule has 0 unspecified atom stereocenters. The van der Waals surface area contributed by atoms with Gasteiger partial charge in [-0.3, -0.25) is 0 Å². The summed E-state index contributed by atoms with van der Waals surface area (Å²) in [5.74, 6) is 1.61. The van der Waals surface area contributed by atoms with Gasteiger partial charge in [0.05, 0.1) is 0 Å². The Balaban J connectivity index is 1.46. The van der Waals surface area contributed by atoms with Gasteiger partial charge in [0.25, 0.3) is 5.82 Å². The number of furan rings is 1. The Morgan fingerprint density at radius 2 is 1.37 bits per heavy atom. The van der Waals surface area contributed by atoms with E-state index in [1.807, 2.05) is 30.3 Å². The van der Waals surface area contributed by atoms with Gasteiger partial charge in [0.15, 0.2) is 16.6 Å². The minimum atomic E-state index is -2.23. The molecule has 210 valence electrons. The number of benzene rings is 6. The zero-order chi connectivity index (χ0) is 31.9. The molecule has 2 heterocycles. The lowest BCUT2D eigenvalue weighted by molar-refractivity contribution is -0.556. The van der Waals surface area contributed by atoms with Gasteiger partial charge in [0.2, 0.25) is 0 Å². The lowest BCUT2D eigenvalue weighted by Gasteiger charge is -2.18. The summed E-state index contributed by atoms with van der Waals surface area (Å²) in [7, 11) is 0. The highest BCUT2D eigenvalue weighted by Gasteiger charge is 2.30. The standard InChI is InChI=1S/C40H34N2O/c1-23(2)27-14-10-15-28(24(3)4)38(27)42-36-19-9-8-18-35(36)41-40(42)32-17-11-16-31-34-22-33-26(21-37(34)43-39(31)32)20-25(5)29-12-6-7-13-30(29)33/h6-24H,1-5H3/p+1/i5D3. The van der Waals surface area contributed by atoms with Crippen molar-refractivity contribution < 1.29 is 13.1 Å². The molecule has 8 rings (SSSR count). The van der Waals surface area contributed by atoms with Crippen LogP contribution in [0.2, 0.25) is 0 Å². The predicted octanol–water partition coefficient (Wildman–Crippen LogP) is 10.9. The van der Waals surface area contributed by atoms with Gasteiger partial charge < -0.3 is 4.42 Å². The number of nitrogens with zero attached hydrogens (tertiary/aromatic N) is 1. The maximum Gasteiger partial charge on any atom is 0.296 e. The predicted molar refractivity (Wildman–Crippen MR) is 180 cm³/mol. The monoisotopic (exact) mass is 562 g/mol. The van der Waals surface area contributed by atoms with Crippen molar-refractivity contribution in [2.45, 2.75) is 46.4 Å². The molecule has 6 aromatic carbocycles. The summed E-state index contributed by atoms with van der Waals surface area (Å²) in [6.45, 7) is 6.79. The van der Waals surface area contributed by atoms with Crippen molar-refractivity contribution >= 4 is 54.5 Å². The van der Waals surface area contributed by atoms with E-state index in [4.69, 9.17) is 8.53 Å². The summed E-state index contributed by atoms with van der Waals surface area (Å²) in [6.07, 6.45) is 0. The first kappa shape index (κ1) is 22.7. The molecule has 43 heavy (non-hydrogen) atoms. The fourth-order valence-corrected chi connectivity index (χ4v) is 6.85. The number of fused-ring (bicyclic) bond motifs is 7. The molecule has 0 atom stereocenters. The third-order valence-corrected chi connectivity index (χ3v) is 8.92. The van der Waals surface area contributed by atoms with Crippen LogP contribution in [0.3, 0.4) is 0 Å². The number of aromatic amines is 1. The van der Waals surface area contributed by atoms with Gasteiger partial charge in [-0.1, -0.05) is 100 Å². The maximum atomic E-state index is 8.23. The molecule has 0 aliphatic heterocycles. The smallest absolute Gasteiger partial charge is 0.296 e. The van der Waals surface area contributed by atoms with E-state index in [1.165, 1.54) is 16.8 Å². The van der Waals surface area contributed by atoms with Gasteiger partial charge in [-0.2, -0.15) is 4.57 Å². The lowest BCUT2D eigenvalue weighted by atomic mass is 9.92. The number of para-hydroxylation sites is 4. The van der Waals surface area contributed by atoms with Crippen molar-refractivity contribution in [3.05, 3.63) is 120 Å². The van der Waals surface area contributed by atoms with Crippen LogP contribution in [0.1, 0.15) is 60.3 Å². The Kier molecular flexibility index (Phi) is 5.05. The van der Waals surface area contributed by atoms with E-state index < -0.39 is 6.85 Å². The van der Waals surface area contributed by atoms with E-state index in [0.717, 1.165) is 65.9 Å². The summed E-state index contributed by atoms with van der Waals surface area (Å²) >= 11 is 0. The molecule has 2 aromatic heterocycles. The summed E-state index contributed by atoms with van der Waals surface area (Å²) < 4.78 is 33.8. The van der Waals surface area contributed by atoms with Crippen molar-refractivity contribution in [2.24, 2.45) is 0 Å². The van der Waals surface area contributed by atoms with Crippen molar-refractivity contribution in [3.8, 4) is 17.1 Å². The second-order valence-corrected chi connectivity index (χ2v) is 12.2. The molecular formula is C40H35N2O+. The molecule has 8 aromatic rings. The van der Waals surface area contributed by atoms with Gasteiger partial charge in [-0.05, 0) is 76.1 Å². The average molecular weight is 563 g/mol. The molecule has 3 nitrogen and oxygen atoms in total. The van der Waals surface area contributed by atoms with Crippen LogP contribution in [0.15, 0.2) is 108 Å². The number of aryl methyl sites for hydroxylation is 1. The Morgan fingerprint density at radius 1 is 0.674 bits per heavy atom. The number of hydrogen-bond donors (Lipinski definition) is 1. The average Bonchev–Trinajstić information content (AvgIpc) is 3.60. The molecule has 0 bridgehead atoms. The van der Waals surface area contributed by atoms with Crippen LogP contribution in [0.5, 0.6) is 0 Å². The highest BCUT2D eigenvalue weighted by atomic mass is 16.3. The summed E-state index contributed by atoms with van der Waals surface area (Å²) in [5.41, 5.74) is 8.80. The third-order valence-electron chi connectivity index (χ3n) is 8.92. The normalized spacial score (nSPS) is 13.6. The number of hydrogen-bond acceptors (Lipinski definition) is 1. The van der Waals surface area contributed by atoms with E-state index in [0.29, 0.717) is 17.4 Å². The molecular weight excluding hydrogens is 524 g/mol. The molecule has 0 amide bonds. The van der Waals surface area contributed by atoms with Crippen LogP contribution in [0.25, 0.3) is 71.6 Å². The molecule has 1 N–H and O–H groups in total. The van der Waals surface area contributed by atoms with Gasteiger partial charge >= 0.3 is 0 Å². The van der Waals surface area contributed by atoms with Crippen LogP contribution >= 0.6 is 0 Å². The number of rotatable bonds is 4. The summed E-state index contributed by atoms with van der Waals surface area (Å²) in [5, 5.41) is 5.57. The highest BCUT2D eigenvalue weighted by molar-refractivity contribution is 6.18. The van der Waals surface area contributed by atoms with Gasteiger partial charge in [-0.15, -0.1) is 0 Å². The minimum Gasteiger partial charge on any atom is -0.455 e. The number of aromatic nitrogens is 2. The van der Waals surface area contributed by atoms with E-state index in [2.05, 4.69) is 104 Å². The molecule has 0 saturated carbocycles. The number of nitrogens with one attached hydrogen (secondary N) is 1. The lowest BCUT2D eigenvalue weighted by Crippen LogP contribution is -2.35. The van der Waals surface area contributed by atoms with Gasteiger partial charge in [0, 0.05) is 26.0 Å². The van der Waals surface area contributed by atoms with E-state index >= 15 is 0 Å². The van der Waals surface area contributed by atoms with Gasteiger partial charge in [0.1, 0.15) is 16.8 Å². The first-order valence-corrected chi connectivity index (χ1v) is 15.1. The van der Waals surface area contributed by atoms with Crippen molar-refractivity contribution in [2.75, 3.05) is 0 Å². The summed E-state index contributed by atoms with van der Waals surface area (Å²) in [6, 6.07) is 35.2. The maximum absolute atomic E-state index is 8.23. The first-order chi connectivity index (χ1) is 22.1. The summed E-state index contributed by atoms with van der Waals surface area (Å²) in [4.78, 5) is 3.77. The fourth-order valence-electron chi connectivity index (χ4n) is 6.85. The molecule has 0 fully saturated rings. The Labute approximate surface area is 255 Å². The van der Waals surface area contributed by atoms with E-state index in [9.17, 15) is 0 Å². The first-order valence-electron chi connectivity index (χ1n) is 16.6. The van der Waals surface area contributed by atoms with Crippen LogP contribution in [-0.4, -0.2) is 4.98 Å². The quantitative estimate of drug-likeness (QED) is 0.168. The van der Waals surface area contributed by atoms with Crippen LogP contribution < -0.4 is 4.57 Å². The SMILES string of the molecule is [2H]C([2H])([2H])c1cc2cc3oc4c(-c5[nH]c6ccccc6[n+]5-c5c(C(C)C)cccc5C(C)C)cccc4c3cc2c2ccccc12. The number of imidazole rings is 1. The van der Waals surface area contributed by atoms with Crippen molar-refractivity contribution in [1.29, 1.82) is 0 Å². The largest absolute Gasteiger partial charge is 0.455 e. The Bertz CT molecular complexity index is 2450. The molecule has 0 spiro atoms. The zero-order valence-electron chi connectivity index (χ0n) is 27.8. The minimum absolute atomic E-state index is 0.326. The number of H-pyrrole nitrogens is 1. The fraction of sp³-hybridized carbons (Fsp3) is 0.175. The molecule has 0 saturated heterocycles. The van der Waals surface area contributed by atoms with Crippen LogP contribution in [0, 0.1) is 6.85 Å². The second-order valence-electron chi connectivity index (χ2n) is 12.2. The Hall–Kier alpha value is -4.89. The third kappa shape index (κ3) is 3.84. The second kappa shape index (κ2) is 9.57. The molecule has 0 aliphatic carbocycles. The van der Waals surface area contributed by atoms with Gasteiger partial charge in [-0.25, -0.2) is 4.98 Å². The molecule has 3 heteroatoms. The van der Waals surface area contributed by atoms with E-state index in [-0.39, 0.29) is 0 Å². The van der Waals surface area contributed by atoms with Crippen molar-refractivity contribution in [3.63, 3.8) is 0 Å². The van der Waals surface area contributed by atoms with Crippen molar-refractivity contribution in [1.82, 2.24) is 4.98 Å². The molecule has 0 aliphatic rings. The van der Waals surface area contributed by atoms with E-state index in [1.54, 1.807) is 6.07 Å². The topological polar surface area (TPSA) is 32.8 Å². The highest BCUT2D eigenvalue weighted by Crippen LogP contribution is 2.40.